The normalized spacial score (nSPS) is 16.4. The van der Waals surface area contributed by atoms with Crippen LogP contribution in [0.15, 0.2) is 41.0 Å². The number of rotatable bonds is 4. The van der Waals surface area contributed by atoms with Crippen LogP contribution < -0.4 is 10.2 Å². The fourth-order valence-electron chi connectivity index (χ4n) is 2.82. The Hall–Kier alpha value is -1.90. The van der Waals surface area contributed by atoms with Crippen LogP contribution in [0.5, 0.6) is 0 Å². The molecule has 1 aliphatic rings. The van der Waals surface area contributed by atoms with Crippen LogP contribution in [0.3, 0.4) is 0 Å². The third-order valence-electron chi connectivity index (χ3n) is 4.02. The highest BCUT2D eigenvalue weighted by Crippen LogP contribution is 2.28. The number of aryl methyl sites for hydroxylation is 1. The highest BCUT2D eigenvalue weighted by molar-refractivity contribution is 5.61. The van der Waals surface area contributed by atoms with Crippen molar-refractivity contribution >= 4 is 11.4 Å². The van der Waals surface area contributed by atoms with E-state index >= 15 is 0 Å². The molecule has 1 fully saturated rings. The average molecular weight is 270 g/mol. The van der Waals surface area contributed by atoms with Gasteiger partial charge in [0, 0.05) is 24.5 Å². The van der Waals surface area contributed by atoms with Gasteiger partial charge in [-0.2, -0.15) is 0 Å². The molecule has 3 heteroatoms. The number of benzene rings is 1. The zero-order chi connectivity index (χ0) is 13.9. The number of hydrogen-bond acceptors (Lipinski definition) is 3. The Labute approximate surface area is 120 Å². The second-order valence-corrected chi connectivity index (χ2v) is 5.57. The molecule has 1 aromatic carbocycles. The Morgan fingerprint density at radius 1 is 1.20 bits per heavy atom. The lowest BCUT2D eigenvalue weighted by molar-refractivity contribution is 0.490. The molecule has 1 N–H and O–H groups in total. The molecule has 1 unspecified atom stereocenters. The zero-order valence-corrected chi connectivity index (χ0v) is 12.2. The summed E-state index contributed by atoms with van der Waals surface area (Å²) in [4.78, 5) is 2.47. The van der Waals surface area contributed by atoms with Crippen molar-refractivity contribution in [1.29, 1.82) is 0 Å². The van der Waals surface area contributed by atoms with Crippen LogP contribution in [0.1, 0.15) is 37.1 Å². The topological polar surface area (TPSA) is 28.4 Å². The first-order chi connectivity index (χ1) is 9.74. The molecule has 0 saturated carbocycles. The summed E-state index contributed by atoms with van der Waals surface area (Å²) in [7, 11) is 0. The molecule has 3 rings (SSSR count). The van der Waals surface area contributed by atoms with Crippen molar-refractivity contribution in [3.05, 3.63) is 47.9 Å². The summed E-state index contributed by atoms with van der Waals surface area (Å²) < 4.78 is 5.44. The molecule has 106 valence electrons. The molecule has 1 atom stereocenters. The molecule has 3 nitrogen and oxygen atoms in total. The van der Waals surface area contributed by atoms with Crippen molar-refractivity contribution in [3.63, 3.8) is 0 Å². The SMILES string of the molecule is Cc1cc(N2CCCC2)ccc1NC(C)c1ccco1. The zero-order valence-electron chi connectivity index (χ0n) is 12.2. The summed E-state index contributed by atoms with van der Waals surface area (Å²) in [6.45, 7) is 6.66. The lowest BCUT2D eigenvalue weighted by Gasteiger charge is -2.21. The van der Waals surface area contributed by atoms with Crippen LogP contribution >= 0.6 is 0 Å². The third-order valence-corrected chi connectivity index (χ3v) is 4.02. The smallest absolute Gasteiger partial charge is 0.125 e. The van der Waals surface area contributed by atoms with Crippen molar-refractivity contribution in [1.82, 2.24) is 0 Å². The first kappa shape index (κ1) is 13.1. The number of nitrogens with zero attached hydrogens (tertiary/aromatic N) is 1. The molecule has 20 heavy (non-hydrogen) atoms. The van der Waals surface area contributed by atoms with Gasteiger partial charge in [-0.05, 0) is 62.6 Å². The lowest BCUT2D eigenvalue weighted by Crippen LogP contribution is -2.17. The highest BCUT2D eigenvalue weighted by atomic mass is 16.3. The van der Waals surface area contributed by atoms with E-state index in [0.29, 0.717) is 0 Å². The van der Waals surface area contributed by atoms with E-state index in [1.54, 1.807) is 6.26 Å². The maximum absolute atomic E-state index is 5.44. The summed E-state index contributed by atoms with van der Waals surface area (Å²) in [6.07, 6.45) is 4.35. The second kappa shape index (κ2) is 5.61. The first-order valence-corrected chi connectivity index (χ1v) is 7.39. The molecule has 2 heterocycles. The van der Waals surface area contributed by atoms with Crippen LogP contribution in [-0.2, 0) is 0 Å². The van der Waals surface area contributed by atoms with E-state index in [4.69, 9.17) is 4.42 Å². The molecular weight excluding hydrogens is 248 g/mol. The monoisotopic (exact) mass is 270 g/mol. The predicted octanol–water partition coefficient (Wildman–Crippen LogP) is 4.36. The number of nitrogens with one attached hydrogen (secondary N) is 1. The van der Waals surface area contributed by atoms with E-state index in [1.807, 2.05) is 12.1 Å². The number of furan rings is 1. The Kier molecular flexibility index (Phi) is 3.68. The van der Waals surface area contributed by atoms with Crippen molar-refractivity contribution in [2.45, 2.75) is 32.7 Å². The predicted molar refractivity (Wildman–Crippen MR) is 83.4 cm³/mol. The summed E-state index contributed by atoms with van der Waals surface area (Å²) in [6, 6.07) is 10.8. The Morgan fingerprint density at radius 3 is 2.65 bits per heavy atom. The van der Waals surface area contributed by atoms with Crippen LogP contribution in [-0.4, -0.2) is 13.1 Å². The molecule has 0 bridgehead atoms. The first-order valence-electron chi connectivity index (χ1n) is 7.39. The van der Waals surface area contributed by atoms with Gasteiger partial charge in [0.2, 0.25) is 0 Å². The van der Waals surface area contributed by atoms with Gasteiger partial charge in [-0.3, -0.25) is 0 Å². The Bertz CT molecular complexity index is 556. The third kappa shape index (κ3) is 2.67. The molecule has 2 aromatic rings. The van der Waals surface area contributed by atoms with Crippen LogP contribution in [0.4, 0.5) is 11.4 Å². The van der Waals surface area contributed by atoms with E-state index in [1.165, 1.54) is 42.9 Å². The quantitative estimate of drug-likeness (QED) is 0.894. The maximum atomic E-state index is 5.44. The van der Waals surface area contributed by atoms with Gasteiger partial charge in [-0.15, -0.1) is 0 Å². The van der Waals surface area contributed by atoms with Crippen molar-refractivity contribution in [2.24, 2.45) is 0 Å². The van der Waals surface area contributed by atoms with E-state index in [0.717, 1.165) is 5.76 Å². The number of hydrogen-bond donors (Lipinski definition) is 1. The Balaban J connectivity index is 1.74. The summed E-state index contributed by atoms with van der Waals surface area (Å²) in [5.41, 5.74) is 3.81. The Morgan fingerprint density at radius 2 is 2.00 bits per heavy atom. The summed E-state index contributed by atoms with van der Waals surface area (Å²) >= 11 is 0. The van der Waals surface area contributed by atoms with E-state index < -0.39 is 0 Å². The standard InChI is InChI=1S/C17H22N2O/c1-13-12-15(19-9-3-4-10-19)7-8-16(13)18-14(2)17-6-5-11-20-17/h5-8,11-12,14,18H,3-4,9-10H2,1-2H3. The van der Waals surface area contributed by atoms with E-state index in [-0.39, 0.29) is 6.04 Å². The van der Waals surface area contributed by atoms with Crippen LogP contribution in [0.25, 0.3) is 0 Å². The largest absolute Gasteiger partial charge is 0.467 e. The van der Waals surface area contributed by atoms with Gasteiger partial charge >= 0.3 is 0 Å². The minimum atomic E-state index is 0.182. The molecule has 1 saturated heterocycles. The maximum Gasteiger partial charge on any atom is 0.125 e. The van der Waals surface area contributed by atoms with Gasteiger partial charge in [0.15, 0.2) is 0 Å². The van der Waals surface area contributed by atoms with Crippen molar-refractivity contribution < 1.29 is 4.42 Å². The fourth-order valence-corrected chi connectivity index (χ4v) is 2.82. The molecular formula is C17H22N2O. The summed E-state index contributed by atoms with van der Waals surface area (Å²) in [5.74, 6) is 0.966. The average Bonchev–Trinajstić information content (AvgIpc) is 3.14. The van der Waals surface area contributed by atoms with Crippen LogP contribution in [0, 0.1) is 6.92 Å². The molecule has 0 aliphatic carbocycles. The molecule has 1 aliphatic heterocycles. The van der Waals surface area contributed by atoms with Crippen LogP contribution in [0.2, 0.25) is 0 Å². The second-order valence-electron chi connectivity index (χ2n) is 5.57. The summed E-state index contributed by atoms with van der Waals surface area (Å²) in [5, 5.41) is 3.52. The van der Waals surface area contributed by atoms with Gasteiger partial charge in [0.1, 0.15) is 5.76 Å². The van der Waals surface area contributed by atoms with Gasteiger partial charge in [0.25, 0.3) is 0 Å². The molecule has 0 radical (unpaired) electrons. The van der Waals surface area contributed by atoms with E-state index in [9.17, 15) is 0 Å². The highest BCUT2D eigenvalue weighted by Gasteiger charge is 2.14. The van der Waals surface area contributed by atoms with Crippen molar-refractivity contribution in [3.8, 4) is 0 Å². The van der Waals surface area contributed by atoms with Gasteiger partial charge in [-0.25, -0.2) is 0 Å². The lowest BCUT2D eigenvalue weighted by atomic mass is 10.1. The number of anilines is 2. The molecule has 1 aromatic heterocycles. The van der Waals surface area contributed by atoms with E-state index in [2.05, 4.69) is 42.3 Å². The fraction of sp³-hybridized carbons (Fsp3) is 0.412. The minimum Gasteiger partial charge on any atom is -0.467 e. The van der Waals surface area contributed by atoms with Gasteiger partial charge < -0.3 is 14.6 Å². The minimum absolute atomic E-state index is 0.182. The van der Waals surface area contributed by atoms with Crippen molar-refractivity contribution in [2.75, 3.05) is 23.3 Å². The van der Waals surface area contributed by atoms with Gasteiger partial charge in [-0.1, -0.05) is 0 Å². The molecule has 0 amide bonds. The van der Waals surface area contributed by atoms with Gasteiger partial charge in [0.05, 0.1) is 12.3 Å². The molecule has 0 spiro atoms.